The maximum absolute atomic E-state index is 11.7. The van der Waals surface area contributed by atoms with Gasteiger partial charge in [-0.3, -0.25) is 4.79 Å². The van der Waals surface area contributed by atoms with E-state index >= 15 is 0 Å². The molecule has 106 valence electrons. The van der Waals surface area contributed by atoms with Crippen molar-refractivity contribution in [2.24, 2.45) is 17.6 Å². The van der Waals surface area contributed by atoms with Gasteiger partial charge in [-0.05, 0) is 44.1 Å². The summed E-state index contributed by atoms with van der Waals surface area (Å²) in [5, 5.41) is 13.2. The second-order valence-electron chi connectivity index (χ2n) is 5.90. The van der Waals surface area contributed by atoms with Crippen LogP contribution in [0.2, 0.25) is 0 Å². The molecule has 0 radical (unpaired) electrons. The van der Waals surface area contributed by atoms with Gasteiger partial charge < -0.3 is 16.2 Å². The fourth-order valence-corrected chi connectivity index (χ4v) is 2.47. The highest BCUT2D eigenvalue weighted by molar-refractivity contribution is 5.76. The minimum absolute atomic E-state index is 0.0133. The third-order valence-corrected chi connectivity index (χ3v) is 4.20. The van der Waals surface area contributed by atoms with E-state index in [1.807, 2.05) is 6.92 Å². The molecule has 1 amide bonds. The quantitative estimate of drug-likeness (QED) is 0.673. The standard InChI is InChI=1S/C14H28N2O2/c1-3-12(9-15)8-13(17)16-10-14(18)6-4-11(2)5-7-14/h11-12,18H,3-10,15H2,1-2H3,(H,16,17). The summed E-state index contributed by atoms with van der Waals surface area (Å²) in [5.74, 6) is 0.966. The summed E-state index contributed by atoms with van der Waals surface area (Å²) in [6.07, 6.45) is 5.08. The van der Waals surface area contributed by atoms with Crippen LogP contribution in [0.15, 0.2) is 0 Å². The van der Waals surface area contributed by atoms with Crippen molar-refractivity contribution < 1.29 is 9.90 Å². The van der Waals surface area contributed by atoms with Crippen LogP contribution < -0.4 is 11.1 Å². The van der Waals surface area contributed by atoms with Crippen LogP contribution in [0.1, 0.15) is 52.4 Å². The Hall–Kier alpha value is -0.610. The Bertz CT molecular complexity index is 257. The molecule has 4 nitrogen and oxygen atoms in total. The van der Waals surface area contributed by atoms with E-state index in [4.69, 9.17) is 5.73 Å². The van der Waals surface area contributed by atoms with Crippen molar-refractivity contribution in [3.8, 4) is 0 Å². The molecule has 1 aliphatic carbocycles. The summed E-state index contributed by atoms with van der Waals surface area (Å²) in [4.78, 5) is 11.7. The van der Waals surface area contributed by atoms with Crippen molar-refractivity contribution in [1.82, 2.24) is 5.32 Å². The first-order valence-corrected chi connectivity index (χ1v) is 7.18. The summed E-state index contributed by atoms with van der Waals surface area (Å²) in [7, 11) is 0. The van der Waals surface area contributed by atoms with Gasteiger partial charge in [0.25, 0.3) is 0 Å². The zero-order valence-electron chi connectivity index (χ0n) is 11.7. The number of nitrogens with two attached hydrogens (primary N) is 1. The number of amides is 1. The molecule has 0 aromatic rings. The molecule has 1 atom stereocenters. The van der Waals surface area contributed by atoms with E-state index in [0.717, 1.165) is 32.1 Å². The molecule has 0 aromatic heterocycles. The highest BCUT2D eigenvalue weighted by Gasteiger charge is 2.32. The zero-order valence-corrected chi connectivity index (χ0v) is 11.7. The van der Waals surface area contributed by atoms with Crippen LogP contribution in [0, 0.1) is 11.8 Å². The molecule has 4 N–H and O–H groups in total. The van der Waals surface area contributed by atoms with Gasteiger partial charge in [0.1, 0.15) is 0 Å². The number of rotatable bonds is 6. The van der Waals surface area contributed by atoms with Gasteiger partial charge >= 0.3 is 0 Å². The number of hydrogen-bond donors (Lipinski definition) is 3. The highest BCUT2D eigenvalue weighted by Crippen LogP contribution is 2.31. The van der Waals surface area contributed by atoms with Crippen LogP contribution in [-0.2, 0) is 4.79 Å². The largest absolute Gasteiger partial charge is 0.388 e. The van der Waals surface area contributed by atoms with E-state index in [9.17, 15) is 9.90 Å². The van der Waals surface area contributed by atoms with Gasteiger partial charge in [-0.15, -0.1) is 0 Å². The molecule has 4 heteroatoms. The average Bonchev–Trinajstić information content (AvgIpc) is 2.37. The molecular formula is C14H28N2O2. The van der Waals surface area contributed by atoms with E-state index in [1.54, 1.807) is 0 Å². The lowest BCUT2D eigenvalue weighted by molar-refractivity contribution is -0.123. The molecule has 18 heavy (non-hydrogen) atoms. The smallest absolute Gasteiger partial charge is 0.220 e. The van der Waals surface area contributed by atoms with Crippen molar-refractivity contribution >= 4 is 5.91 Å². The average molecular weight is 256 g/mol. The summed E-state index contributed by atoms with van der Waals surface area (Å²) < 4.78 is 0. The SMILES string of the molecule is CCC(CN)CC(=O)NCC1(O)CCC(C)CC1. The topological polar surface area (TPSA) is 75.4 Å². The van der Waals surface area contributed by atoms with Crippen LogP contribution in [0.3, 0.4) is 0 Å². The number of carbonyl (C=O) groups is 1. The Balaban J connectivity index is 2.29. The van der Waals surface area contributed by atoms with Gasteiger partial charge in [0.05, 0.1) is 5.60 Å². The molecule has 1 saturated carbocycles. The molecule has 0 saturated heterocycles. The molecule has 1 fully saturated rings. The van der Waals surface area contributed by atoms with Crippen LogP contribution >= 0.6 is 0 Å². The van der Waals surface area contributed by atoms with Gasteiger partial charge in [0.15, 0.2) is 0 Å². The van der Waals surface area contributed by atoms with Crippen molar-refractivity contribution in [3.63, 3.8) is 0 Å². The van der Waals surface area contributed by atoms with E-state index < -0.39 is 5.60 Å². The Morgan fingerprint density at radius 3 is 2.61 bits per heavy atom. The maximum atomic E-state index is 11.7. The fraction of sp³-hybridized carbons (Fsp3) is 0.929. The van der Waals surface area contributed by atoms with Crippen LogP contribution in [-0.4, -0.2) is 29.7 Å². The number of aliphatic hydroxyl groups is 1. The second-order valence-corrected chi connectivity index (χ2v) is 5.90. The number of nitrogens with one attached hydrogen (secondary N) is 1. The Kier molecular flexibility index (Phi) is 6.09. The lowest BCUT2D eigenvalue weighted by Gasteiger charge is -2.35. The molecule has 1 aliphatic rings. The summed E-state index contributed by atoms with van der Waals surface area (Å²) >= 11 is 0. The molecule has 0 aliphatic heterocycles. The van der Waals surface area contributed by atoms with Crippen LogP contribution in [0.5, 0.6) is 0 Å². The first kappa shape index (κ1) is 15.4. The van der Waals surface area contributed by atoms with Crippen molar-refractivity contribution in [2.75, 3.05) is 13.1 Å². The first-order valence-electron chi connectivity index (χ1n) is 7.18. The molecule has 0 aromatic carbocycles. The summed E-state index contributed by atoms with van der Waals surface area (Å²) in [6.45, 7) is 5.19. The lowest BCUT2D eigenvalue weighted by Crippen LogP contribution is -2.45. The third kappa shape index (κ3) is 4.94. The van der Waals surface area contributed by atoms with Crippen molar-refractivity contribution in [3.05, 3.63) is 0 Å². The molecule has 0 heterocycles. The molecule has 0 bridgehead atoms. The predicted molar refractivity (Wildman–Crippen MR) is 73.0 cm³/mol. The molecule has 1 unspecified atom stereocenters. The lowest BCUT2D eigenvalue weighted by atomic mass is 9.79. The van der Waals surface area contributed by atoms with Crippen molar-refractivity contribution in [1.29, 1.82) is 0 Å². The molecular weight excluding hydrogens is 228 g/mol. The number of carbonyl (C=O) groups excluding carboxylic acids is 1. The van der Waals surface area contributed by atoms with E-state index in [2.05, 4.69) is 12.2 Å². The molecule has 1 rings (SSSR count). The second kappa shape index (κ2) is 7.10. The van der Waals surface area contributed by atoms with Gasteiger partial charge in [0, 0.05) is 13.0 Å². The van der Waals surface area contributed by atoms with E-state index in [1.165, 1.54) is 0 Å². The first-order chi connectivity index (χ1) is 8.49. The van der Waals surface area contributed by atoms with Crippen LogP contribution in [0.4, 0.5) is 0 Å². The summed E-state index contributed by atoms with van der Waals surface area (Å²) in [5.41, 5.74) is 4.89. The third-order valence-electron chi connectivity index (χ3n) is 4.20. The Labute approximate surface area is 110 Å². The van der Waals surface area contributed by atoms with Gasteiger partial charge in [-0.25, -0.2) is 0 Å². The maximum Gasteiger partial charge on any atom is 0.220 e. The number of hydrogen-bond acceptors (Lipinski definition) is 3. The Morgan fingerprint density at radius 1 is 1.50 bits per heavy atom. The van der Waals surface area contributed by atoms with Crippen LogP contribution in [0.25, 0.3) is 0 Å². The van der Waals surface area contributed by atoms with Gasteiger partial charge in [-0.2, -0.15) is 0 Å². The Morgan fingerprint density at radius 2 is 2.11 bits per heavy atom. The predicted octanol–water partition coefficient (Wildman–Crippen LogP) is 1.42. The highest BCUT2D eigenvalue weighted by atomic mass is 16.3. The zero-order chi connectivity index (χ0) is 13.6. The van der Waals surface area contributed by atoms with Gasteiger partial charge in [-0.1, -0.05) is 20.3 Å². The monoisotopic (exact) mass is 256 g/mol. The van der Waals surface area contributed by atoms with Gasteiger partial charge in [0.2, 0.25) is 5.91 Å². The van der Waals surface area contributed by atoms with E-state index in [-0.39, 0.29) is 11.8 Å². The minimum atomic E-state index is -0.688. The van der Waals surface area contributed by atoms with E-state index in [0.29, 0.717) is 25.4 Å². The minimum Gasteiger partial charge on any atom is -0.388 e. The normalized spacial score (nSPS) is 29.9. The fourth-order valence-electron chi connectivity index (χ4n) is 2.47. The van der Waals surface area contributed by atoms with Crippen molar-refractivity contribution in [2.45, 2.75) is 58.0 Å². The summed E-state index contributed by atoms with van der Waals surface area (Å²) in [6, 6.07) is 0. The molecule has 0 spiro atoms.